The van der Waals surface area contributed by atoms with E-state index < -0.39 is 10.0 Å². The van der Waals surface area contributed by atoms with Gasteiger partial charge in [-0.2, -0.15) is 0 Å². The first-order valence-electron chi connectivity index (χ1n) is 11.8. The van der Waals surface area contributed by atoms with Gasteiger partial charge in [-0.15, -0.1) is 0 Å². The number of anilines is 1. The molecule has 36 heavy (non-hydrogen) atoms. The van der Waals surface area contributed by atoms with Crippen LogP contribution in [0.1, 0.15) is 11.1 Å². The lowest BCUT2D eigenvalue weighted by Crippen LogP contribution is -2.31. The highest BCUT2D eigenvalue weighted by atomic mass is 32.2. The van der Waals surface area contributed by atoms with Crippen molar-refractivity contribution in [2.45, 2.75) is 18.4 Å². The highest BCUT2D eigenvalue weighted by Gasteiger charge is 2.31. The molecule has 0 saturated carbocycles. The summed E-state index contributed by atoms with van der Waals surface area (Å²) in [4.78, 5) is 5.20. The topological polar surface area (TPSA) is 55.2 Å². The number of aromatic nitrogens is 2. The molecule has 0 N–H and O–H groups in total. The van der Waals surface area contributed by atoms with Crippen LogP contribution in [0.2, 0.25) is 0 Å². The summed E-state index contributed by atoms with van der Waals surface area (Å²) in [7, 11) is -2.00. The maximum atomic E-state index is 14.2. The number of nitrogens with zero attached hydrogens (tertiary/aromatic N) is 3. The third-order valence-electron chi connectivity index (χ3n) is 6.17. The number of imidazole rings is 1. The van der Waals surface area contributed by atoms with E-state index in [1.54, 1.807) is 12.1 Å². The fraction of sp³-hybridized carbons (Fsp3) is 0.100. The van der Waals surface area contributed by atoms with Crippen molar-refractivity contribution < 1.29 is 8.42 Å². The highest BCUT2D eigenvalue weighted by Crippen LogP contribution is 2.38. The number of benzene rings is 4. The van der Waals surface area contributed by atoms with Gasteiger partial charge in [-0.3, -0.25) is 0 Å². The summed E-state index contributed by atoms with van der Waals surface area (Å²) in [6.07, 6.45) is 0. The van der Waals surface area contributed by atoms with Gasteiger partial charge in [0.15, 0.2) is 5.82 Å². The predicted molar refractivity (Wildman–Crippen MR) is 145 cm³/mol. The lowest BCUT2D eigenvalue weighted by molar-refractivity contribution is 0.590. The summed E-state index contributed by atoms with van der Waals surface area (Å²) in [6.45, 7) is 2.10. The van der Waals surface area contributed by atoms with Crippen LogP contribution < -0.4 is 4.31 Å². The van der Waals surface area contributed by atoms with Crippen LogP contribution in [0.25, 0.3) is 22.6 Å². The Bertz CT molecular complexity index is 1560. The minimum Gasteiger partial charge on any atom is -0.325 e. The zero-order valence-corrected chi connectivity index (χ0v) is 21.1. The molecule has 0 fully saturated rings. The molecule has 1 heterocycles. The first-order valence-corrected chi connectivity index (χ1v) is 13.2. The van der Waals surface area contributed by atoms with Gasteiger partial charge in [0.25, 0.3) is 10.0 Å². The Morgan fingerprint density at radius 2 is 1.25 bits per heavy atom. The van der Waals surface area contributed by atoms with E-state index >= 15 is 0 Å². The molecule has 0 unspecified atom stereocenters. The van der Waals surface area contributed by atoms with Crippen molar-refractivity contribution in [3.63, 3.8) is 0 Å². The van der Waals surface area contributed by atoms with Crippen LogP contribution in [0, 0.1) is 6.92 Å². The van der Waals surface area contributed by atoms with E-state index in [1.165, 1.54) is 4.31 Å². The van der Waals surface area contributed by atoms with Crippen molar-refractivity contribution in [1.82, 2.24) is 9.55 Å². The molecule has 5 nitrogen and oxygen atoms in total. The first-order chi connectivity index (χ1) is 17.4. The first kappa shape index (κ1) is 23.6. The molecule has 0 aliphatic heterocycles. The van der Waals surface area contributed by atoms with Crippen LogP contribution in [0.4, 0.5) is 5.82 Å². The van der Waals surface area contributed by atoms with Gasteiger partial charge in [0, 0.05) is 18.2 Å². The smallest absolute Gasteiger partial charge is 0.265 e. The number of hydrogen-bond donors (Lipinski definition) is 0. The number of aryl methyl sites for hydroxylation is 1. The van der Waals surface area contributed by atoms with Crippen LogP contribution in [-0.2, 0) is 23.6 Å². The van der Waals surface area contributed by atoms with Crippen LogP contribution in [0.15, 0.2) is 120 Å². The van der Waals surface area contributed by atoms with E-state index in [2.05, 4.69) is 0 Å². The van der Waals surface area contributed by atoms with Gasteiger partial charge in [0.1, 0.15) is 5.82 Å². The SMILES string of the molecule is Cc1ccc(S(=O)(=O)N(Cc2ccccc2)c2nc(-c3ccccc3)n(C)c2-c2ccccc2)cc1. The van der Waals surface area contributed by atoms with Crippen LogP contribution in [0.3, 0.4) is 0 Å². The standard InChI is InChI=1S/C30H27N3O2S/c1-23-18-20-27(21-19-23)36(34,35)33(22-24-12-6-3-7-13-24)30-28(25-14-8-4-9-15-25)32(2)29(31-30)26-16-10-5-11-17-26/h3-21H,22H2,1-2H3. The maximum absolute atomic E-state index is 14.2. The Kier molecular flexibility index (Phi) is 6.44. The largest absolute Gasteiger partial charge is 0.325 e. The van der Waals surface area contributed by atoms with E-state index in [0.717, 1.165) is 27.9 Å². The lowest BCUT2D eigenvalue weighted by atomic mass is 10.1. The highest BCUT2D eigenvalue weighted by molar-refractivity contribution is 7.92. The van der Waals surface area contributed by atoms with E-state index in [4.69, 9.17) is 4.98 Å². The van der Waals surface area contributed by atoms with Gasteiger partial charge >= 0.3 is 0 Å². The monoisotopic (exact) mass is 493 g/mol. The Balaban J connectivity index is 1.76. The van der Waals surface area contributed by atoms with Gasteiger partial charge in [0.05, 0.1) is 17.1 Å². The molecule has 0 spiro atoms. The quantitative estimate of drug-likeness (QED) is 0.262. The molecule has 5 rings (SSSR count). The van der Waals surface area contributed by atoms with Gasteiger partial charge in [-0.05, 0) is 24.6 Å². The molecule has 0 bridgehead atoms. The van der Waals surface area contributed by atoms with Crippen molar-refractivity contribution in [3.05, 3.63) is 126 Å². The van der Waals surface area contributed by atoms with E-state index in [-0.39, 0.29) is 11.4 Å². The van der Waals surface area contributed by atoms with Gasteiger partial charge < -0.3 is 4.57 Å². The maximum Gasteiger partial charge on any atom is 0.265 e. The third-order valence-corrected chi connectivity index (χ3v) is 7.92. The summed E-state index contributed by atoms with van der Waals surface area (Å²) in [5, 5.41) is 0. The molecule has 0 saturated heterocycles. The summed E-state index contributed by atoms with van der Waals surface area (Å²) >= 11 is 0. The number of sulfonamides is 1. The minimum absolute atomic E-state index is 0.155. The molecule has 0 aliphatic rings. The van der Waals surface area contributed by atoms with E-state index in [1.807, 2.05) is 122 Å². The summed E-state index contributed by atoms with van der Waals surface area (Å²) < 4.78 is 31.7. The van der Waals surface area contributed by atoms with Crippen molar-refractivity contribution in [3.8, 4) is 22.6 Å². The zero-order valence-electron chi connectivity index (χ0n) is 20.2. The average molecular weight is 494 g/mol. The molecular weight excluding hydrogens is 466 g/mol. The molecule has 5 aromatic rings. The molecule has 180 valence electrons. The zero-order chi connectivity index (χ0) is 25.1. The predicted octanol–water partition coefficient (Wildman–Crippen LogP) is 6.46. The second-order valence-electron chi connectivity index (χ2n) is 8.71. The van der Waals surface area contributed by atoms with E-state index in [9.17, 15) is 8.42 Å². The van der Waals surface area contributed by atoms with Crippen molar-refractivity contribution >= 4 is 15.8 Å². The molecule has 1 aromatic heterocycles. The van der Waals surface area contributed by atoms with Crippen LogP contribution in [0.5, 0.6) is 0 Å². The van der Waals surface area contributed by atoms with Gasteiger partial charge in [-0.1, -0.05) is 109 Å². The second kappa shape index (κ2) is 9.84. The molecule has 6 heteroatoms. The van der Waals surface area contributed by atoms with Crippen molar-refractivity contribution in [2.75, 3.05) is 4.31 Å². The Hall–Kier alpha value is -4.16. The van der Waals surface area contributed by atoms with E-state index in [0.29, 0.717) is 11.6 Å². The average Bonchev–Trinajstić information content (AvgIpc) is 3.25. The van der Waals surface area contributed by atoms with Crippen LogP contribution >= 0.6 is 0 Å². The Morgan fingerprint density at radius 1 is 0.722 bits per heavy atom. The van der Waals surface area contributed by atoms with Crippen molar-refractivity contribution in [1.29, 1.82) is 0 Å². The molecule has 0 amide bonds. The minimum atomic E-state index is -3.93. The second-order valence-corrected chi connectivity index (χ2v) is 10.6. The summed E-state index contributed by atoms with van der Waals surface area (Å²) in [5.41, 5.74) is 4.41. The van der Waals surface area contributed by atoms with Gasteiger partial charge in [0.2, 0.25) is 0 Å². The Morgan fingerprint density at radius 3 is 1.83 bits per heavy atom. The van der Waals surface area contributed by atoms with Gasteiger partial charge in [-0.25, -0.2) is 17.7 Å². The number of rotatable bonds is 7. The summed E-state index contributed by atoms with van der Waals surface area (Å²) in [5.74, 6) is 1.09. The fourth-order valence-corrected chi connectivity index (χ4v) is 5.69. The molecule has 0 atom stereocenters. The molecule has 4 aromatic carbocycles. The van der Waals surface area contributed by atoms with Crippen molar-refractivity contribution in [2.24, 2.45) is 7.05 Å². The lowest BCUT2D eigenvalue weighted by Gasteiger charge is -2.24. The van der Waals surface area contributed by atoms with Crippen LogP contribution in [-0.4, -0.2) is 18.0 Å². The normalized spacial score (nSPS) is 11.4. The summed E-state index contributed by atoms with van der Waals surface area (Å²) in [6, 6.07) is 36.2. The molecular formula is C30H27N3O2S. The Labute approximate surface area is 212 Å². The third kappa shape index (κ3) is 4.55. The molecule has 0 aliphatic carbocycles. The fourth-order valence-electron chi connectivity index (χ4n) is 4.28. The molecule has 0 radical (unpaired) electrons. The number of hydrogen-bond acceptors (Lipinski definition) is 3.